The number of carboxylic acid groups (broad SMARTS) is 1. The van der Waals surface area contributed by atoms with E-state index in [9.17, 15) is 4.79 Å². The van der Waals surface area contributed by atoms with Crippen LogP contribution in [0.1, 0.15) is 12.1 Å². The lowest BCUT2D eigenvalue weighted by Gasteiger charge is -2.15. The summed E-state index contributed by atoms with van der Waals surface area (Å²) < 4.78 is 8.27. The number of hydrogen-bond donors (Lipinski definition) is 1. The molecule has 3 rings (SSSR count). The van der Waals surface area contributed by atoms with Crippen molar-refractivity contribution in [2.75, 3.05) is 7.11 Å². The zero-order valence-electron chi connectivity index (χ0n) is 14.1. The number of halogens is 2. The average Bonchev–Trinajstić information content (AvgIpc) is 3.04. The van der Waals surface area contributed by atoms with Crippen molar-refractivity contribution in [1.29, 1.82) is 0 Å². The number of aryl methyl sites for hydroxylation is 1. The predicted molar refractivity (Wildman–Crippen MR) is 106 cm³/mol. The number of hydrogen-bond acceptors (Lipinski definition) is 2. The number of rotatable bonds is 6. The van der Waals surface area contributed by atoms with E-state index in [1.165, 1.54) is 0 Å². The van der Waals surface area contributed by atoms with Gasteiger partial charge in [-0.25, -0.2) is 0 Å². The second kappa shape index (κ2) is 7.98. The van der Waals surface area contributed by atoms with Crippen LogP contribution in [0.3, 0.4) is 0 Å². The molecule has 0 aliphatic rings. The summed E-state index contributed by atoms with van der Waals surface area (Å²) in [7, 11) is 1.57. The van der Waals surface area contributed by atoms with Gasteiger partial charge in [0.25, 0.3) is 0 Å². The van der Waals surface area contributed by atoms with E-state index in [1.807, 2.05) is 59.2 Å². The van der Waals surface area contributed by atoms with E-state index in [4.69, 9.17) is 21.4 Å². The molecule has 0 radical (unpaired) electrons. The molecule has 1 N–H and O–H groups in total. The SMILES string of the molecule is COc1ccc(-n2c(CCC(=O)O)ccc2-c2ccc(Br)cc2)cc1Cl. The second-order valence-electron chi connectivity index (χ2n) is 5.76. The van der Waals surface area contributed by atoms with Crippen molar-refractivity contribution in [3.63, 3.8) is 0 Å². The van der Waals surface area contributed by atoms with Crippen LogP contribution in [0, 0.1) is 0 Å². The minimum atomic E-state index is -0.823. The molecule has 6 heteroatoms. The zero-order valence-corrected chi connectivity index (χ0v) is 16.4. The van der Waals surface area contributed by atoms with Crippen LogP contribution in [0.15, 0.2) is 59.1 Å². The molecule has 0 fully saturated rings. The van der Waals surface area contributed by atoms with Gasteiger partial charge in [0, 0.05) is 15.9 Å². The lowest BCUT2D eigenvalue weighted by molar-refractivity contribution is -0.136. The maximum atomic E-state index is 11.0. The number of aromatic nitrogens is 1. The number of carbonyl (C=O) groups is 1. The Morgan fingerprint density at radius 2 is 1.88 bits per heavy atom. The molecule has 0 atom stereocenters. The fraction of sp³-hybridized carbons (Fsp3) is 0.150. The molecule has 0 saturated carbocycles. The van der Waals surface area contributed by atoms with Gasteiger partial charge in [-0.05, 0) is 54.4 Å². The Labute approximate surface area is 165 Å². The average molecular weight is 435 g/mol. The highest BCUT2D eigenvalue weighted by molar-refractivity contribution is 9.10. The van der Waals surface area contributed by atoms with Crippen LogP contribution in [-0.2, 0) is 11.2 Å². The van der Waals surface area contributed by atoms with E-state index in [0.717, 1.165) is 27.1 Å². The summed E-state index contributed by atoms with van der Waals surface area (Å²) in [4.78, 5) is 11.0. The maximum absolute atomic E-state index is 11.0. The normalized spacial score (nSPS) is 10.7. The molecule has 0 saturated heterocycles. The largest absolute Gasteiger partial charge is 0.495 e. The van der Waals surface area contributed by atoms with Crippen LogP contribution < -0.4 is 4.74 Å². The number of benzene rings is 2. The fourth-order valence-corrected chi connectivity index (χ4v) is 3.37. The summed E-state index contributed by atoms with van der Waals surface area (Å²) in [6, 6.07) is 17.5. The summed E-state index contributed by atoms with van der Waals surface area (Å²) in [5.74, 6) is -0.226. The van der Waals surface area contributed by atoms with E-state index in [0.29, 0.717) is 17.2 Å². The molecule has 0 amide bonds. The quantitative estimate of drug-likeness (QED) is 0.550. The van der Waals surface area contributed by atoms with E-state index in [2.05, 4.69) is 15.9 Å². The fourth-order valence-electron chi connectivity index (χ4n) is 2.85. The number of carboxylic acids is 1. The third kappa shape index (κ3) is 3.94. The van der Waals surface area contributed by atoms with Crippen LogP contribution >= 0.6 is 27.5 Å². The lowest BCUT2D eigenvalue weighted by Crippen LogP contribution is -2.05. The van der Waals surface area contributed by atoms with E-state index < -0.39 is 5.97 Å². The Hall–Kier alpha value is -2.24. The van der Waals surface area contributed by atoms with Gasteiger partial charge in [-0.1, -0.05) is 39.7 Å². The first-order chi connectivity index (χ1) is 12.5. The summed E-state index contributed by atoms with van der Waals surface area (Å²) in [5, 5.41) is 9.56. The molecule has 0 bridgehead atoms. The smallest absolute Gasteiger partial charge is 0.303 e. The Kier molecular flexibility index (Phi) is 5.69. The van der Waals surface area contributed by atoms with Crippen LogP contribution in [-0.4, -0.2) is 22.8 Å². The van der Waals surface area contributed by atoms with E-state index >= 15 is 0 Å². The van der Waals surface area contributed by atoms with Gasteiger partial charge < -0.3 is 14.4 Å². The van der Waals surface area contributed by atoms with Crippen LogP contribution in [0.25, 0.3) is 16.9 Å². The Morgan fingerprint density at radius 1 is 1.15 bits per heavy atom. The molecule has 3 aromatic rings. The van der Waals surface area contributed by atoms with Gasteiger partial charge in [0.05, 0.1) is 24.2 Å². The summed E-state index contributed by atoms with van der Waals surface area (Å²) in [6.45, 7) is 0. The molecule has 0 spiro atoms. The maximum Gasteiger partial charge on any atom is 0.303 e. The molecule has 26 heavy (non-hydrogen) atoms. The highest BCUT2D eigenvalue weighted by Gasteiger charge is 2.14. The molecule has 0 aliphatic heterocycles. The highest BCUT2D eigenvalue weighted by Crippen LogP contribution is 2.32. The van der Waals surface area contributed by atoms with E-state index in [-0.39, 0.29) is 6.42 Å². The highest BCUT2D eigenvalue weighted by atomic mass is 79.9. The van der Waals surface area contributed by atoms with Gasteiger partial charge in [0.15, 0.2) is 0 Å². The third-order valence-corrected chi connectivity index (χ3v) is 4.91. The minimum Gasteiger partial charge on any atom is -0.495 e. The molecule has 2 aromatic carbocycles. The first kappa shape index (κ1) is 18.5. The third-order valence-electron chi connectivity index (χ3n) is 4.09. The monoisotopic (exact) mass is 433 g/mol. The standard InChI is InChI=1S/C20H17BrClNO3/c1-26-19-10-7-16(12-17(19)22)23-15(8-11-20(24)25)6-9-18(23)13-2-4-14(21)5-3-13/h2-7,9-10,12H,8,11H2,1H3,(H,24,25). The number of ether oxygens (including phenoxy) is 1. The van der Waals surface area contributed by atoms with Crippen molar-refractivity contribution < 1.29 is 14.6 Å². The van der Waals surface area contributed by atoms with Crippen LogP contribution in [0.5, 0.6) is 5.75 Å². The van der Waals surface area contributed by atoms with Gasteiger partial charge in [0.1, 0.15) is 5.75 Å². The van der Waals surface area contributed by atoms with Crippen LogP contribution in [0.2, 0.25) is 5.02 Å². The number of aliphatic carboxylic acids is 1. The van der Waals surface area contributed by atoms with Crippen molar-refractivity contribution in [3.05, 3.63) is 69.8 Å². The number of nitrogens with zero attached hydrogens (tertiary/aromatic N) is 1. The molecule has 0 aliphatic carbocycles. The number of methoxy groups -OCH3 is 1. The predicted octanol–water partition coefficient (Wildman–Crippen LogP) is 5.59. The van der Waals surface area contributed by atoms with Gasteiger partial charge in [0.2, 0.25) is 0 Å². The summed E-state index contributed by atoms with van der Waals surface area (Å²) in [5.41, 5.74) is 3.77. The topological polar surface area (TPSA) is 51.5 Å². The van der Waals surface area contributed by atoms with Crippen molar-refractivity contribution >= 4 is 33.5 Å². The first-order valence-corrected chi connectivity index (χ1v) is 9.19. The van der Waals surface area contributed by atoms with Gasteiger partial charge in [-0.2, -0.15) is 0 Å². The first-order valence-electron chi connectivity index (χ1n) is 8.02. The lowest BCUT2D eigenvalue weighted by atomic mass is 10.1. The van der Waals surface area contributed by atoms with Crippen molar-refractivity contribution in [2.45, 2.75) is 12.8 Å². The van der Waals surface area contributed by atoms with Crippen molar-refractivity contribution in [3.8, 4) is 22.7 Å². The molecule has 1 aromatic heterocycles. The molecule has 0 unspecified atom stereocenters. The Bertz CT molecular complexity index is 935. The molecular weight excluding hydrogens is 418 g/mol. The summed E-state index contributed by atoms with van der Waals surface area (Å²) in [6.07, 6.45) is 0.489. The molecular formula is C20H17BrClNO3. The van der Waals surface area contributed by atoms with Gasteiger partial charge in [-0.3, -0.25) is 4.79 Å². The Morgan fingerprint density at radius 3 is 2.50 bits per heavy atom. The van der Waals surface area contributed by atoms with Crippen LogP contribution in [0.4, 0.5) is 0 Å². The van der Waals surface area contributed by atoms with E-state index in [1.54, 1.807) is 7.11 Å². The second-order valence-corrected chi connectivity index (χ2v) is 7.09. The zero-order chi connectivity index (χ0) is 18.7. The van der Waals surface area contributed by atoms with Gasteiger partial charge >= 0.3 is 5.97 Å². The summed E-state index contributed by atoms with van der Waals surface area (Å²) >= 11 is 9.76. The molecule has 4 nitrogen and oxygen atoms in total. The minimum absolute atomic E-state index is 0.0632. The van der Waals surface area contributed by atoms with Gasteiger partial charge in [-0.15, -0.1) is 0 Å². The molecule has 134 valence electrons. The Balaban J connectivity index is 2.12. The van der Waals surface area contributed by atoms with Crippen molar-refractivity contribution in [2.24, 2.45) is 0 Å². The molecule has 1 heterocycles. The van der Waals surface area contributed by atoms with Crippen molar-refractivity contribution in [1.82, 2.24) is 4.57 Å².